The molecule has 0 unspecified atom stereocenters. The van der Waals surface area contributed by atoms with Gasteiger partial charge in [0.1, 0.15) is 0 Å². The third kappa shape index (κ3) is 3.28. The van der Waals surface area contributed by atoms with Crippen LogP contribution in [0.15, 0.2) is 17.0 Å². The van der Waals surface area contributed by atoms with Gasteiger partial charge in [-0.2, -0.15) is 0 Å². The van der Waals surface area contributed by atoms with Crippen molar-refractivity contribution in [1.29, 1.82) is 0 Å². The molecule has 1 saturated heterocycles. The number of thiophene rings is 1. The Morgan fingerprint density at radius 3 is 2.68 bits per heavy atom. The minimum atomic E-state index is -0.144. The molecule has 2 heterocycles. The summed E-state index contributed by atoms with van der Waals surface area (Å²) < 4.78 is 0. The number of unbranched alkanes of at least 4 members (excludes halogenated alkanes) is 1. The highest BCUT2D eigenvalue weighted by molar-refractivity contribution is 8.18. The maximum Gasteiger partial charge on any atom is 0.293 e. The highest BCUT2D eigenvalue weighted by atomic mass is 32.2. The Hall–Kier alpha value is -1.07. The van der Waals surface area contributed by atoms with Crippen LogP contribution in [0.2, 0.25) is 0 Å². The number of thioether (sulfide) groups is 1. The molecule has 0 bridgehead atoms. The first-order chi connectivity index (χ1) is 9.15. The van der Waals surface area contributed by atoms with E-state index >= 15 is 0 Å². The molecule has 1 aromatic rings. The van der Waals surface area contributed by atoms with Crippen LogP contribution in [0.3, 0.4) is 0 Å². The fraction of sp³-hybridized carbons (Fsp3) is 0.429. The van der Waals surface area contributed by atoms with Gasteiger partial charge in [-0.25, -0.2) is 0 Å². The van der Waals surface area contributed by atoms with E-state index in [0.29, 0.717) is 11.4 Å². The Bertz CT molecular complexity index is 519. The number of hydrogen-bond acceptors (Lipinski definition) is 4. The van der Waals surface area contributed by atoms with Gasteiger partial charge in [-0.05, 0) is 42.8 Å². The molecule has 1 fully saturated rings. The number of hydrogen-bond donors (Lipinski definition) is 0. The van der Waals surface area contributed by atoms with E-state index in [2.05, 4.69) is 13.0 Å². The summed E-state index contributed by atoms with van der Waals surface area (Å²) in [6, 6.07) is 4.07. The lowest BCUT2D eigenvalue weighted by molar-refractivity contribution is -0.122. The van der Waals surface area contributed by atoms with Gasteiger partial charge >= 0.3 is 0 Å². The molecule has 2 rings (SSSR count). The van der Waals surface area contributed by atoms with Crippen molar-refractivity contribution in [2.75, 3.05) is 6.54 Å². The van der Waals surface area contributed by atoms with Gasteiger partial charge in [0.25, 0.3) is 11.1 Å². The second-order valence-electron chi connectivity index (χ2n) is 4.34. The Morgan fingerprint density at radius 1 is 1.26 bits per heavy atom. The van der Waals surface area contributed by atoms with Crippen molar-refractivity contribution in [2.24, 2.45) is 0 Å². The van der Waals surface area contributed by atoms with Crippen LogP contribution in [0, 0.1) is 0 Å². The molecule has 0 radical (unpaired) electrons. The topological polar surface area (TPSA) is 37.4 Å². The number of rotatable bonds is 5. The highest BCUT2D eigenvalue weighted by Crippen LogP contribution is 2.33. The van der Waals surface area contributed by atoms with Gasteiger partial charge in [0, 0.05) is 16.3 Å². The van der Waals surface area contributed by atoms with Gasteiger partial charge in [0.15, 0.2) is 0 Å². The smallest absolute Gasteiger partial charge is 0.268 e. The molecule has 1 aliphatic heterocycles. The molecular weight excluding hydrogens is 278 g/mol. The molecule has 0 aliphatic carbocycles. The number of amides is 2. The summed E-state index contributed by atoms with van der Waals surface area (Å²) >= 11 is 2.72. The summed E-state index contributed by atoms with van der Waals surface area (Å²) in [5, 5.41) is -0.142. The molecule has 5 heteroatoms. The minimum Gasteiger partial charge on any atom is -0.268 e. The number of aryl methyl sites for hydroxylation is 1. The number of carbonyl (C=O) groups excluding carboxylic acids is 2. The van der Waals surface area contributed by atoms with Gasteiger partial charge in [0.05, 0.1) is 4.91 Å². The van der Waals surface area contributed by atoms with Crippen molar-refractivity contribution < 1.29 is 9.59 Å². The standard InChI is InChI=1S/C14H17NO2S2/c1-3-5-8-15-13(16)12(19-14(15)17)9-11-7-6-10(4-2)18-11/h6-7,9H,3-5,8H2,1-2H3/b12-9-. The number of carbonyl (C=O) groups is 2. The van der Waals surface area contributed by atoms with E-state index in [0.717, 1.165) is 35.9 Å². The van der Waals surface area contributed by atoms with Crippen LogP contribution in [-0.4, -0.2) is 22.6 Å². The average Bonchev–Trinajstić information content (AvgIpc) is 2.95. The molecule has 0 aromatic carbocycles. The zero-order valence-electron chi connectivity index (χ0n) is 11.1. The van der Waals surface area contributed by atoms with Crippen LogP contribution >= 0.6 is 23.1 Å². The summed E-state index contributed by atoms with van der Waals surface area (Å²) in [6.07, 6.45) is 4.67. The monoisotopic (exact) mass is 295 g/mol. The largest absolute Gasteiger partial charge is 0.293 e. The molecule has 102 valence electrons. The summed E-state index contributed by atoms with van der Waals surface area (Å²) in [6.45, 7) is 4.68. The van der Waals surface area contributed by atoms with Crippen molar-refractivity contribution in [3.05, 3.63) is 26.8 Å². The molecule has 2 amide bonds. The molecule has 1 aliphatic rings. The zero-order valence-corrected chi connectivity index (χ0v) is 12.8. The lowest BCUT2D eigenvalue weighted by Gasteiger charge is -2.10. The number of imide groups is 1. The van der Waals surface area contributed by atoms with E-state index < -0.39 is 0 Å². The van der Waals surface area contributed by atoms with Crippen LogP contribution in [0.25, 0.3) is 6.08 Å². The van der Waals surface area contributed by atoms with Crippen molar-refractivity contribution in [2.45, 2.75) is 33.1 Å². The molecule has 1 aromatic heterocycles. The lowest BCUT2D eigenvalue weighted by atomic mass is 10.3. The fourth-order valence-corrected chi connectivity index (χ4v) is 3.63. The predicted octanol–water partition coefficient (Wildman–Crippen LogP) is 4.15. The van der Waals surface area contributed by atoms with Crippen molar-refractivity contribution in [1.82, 2.24) is 4.90 Å². The van der Waals surface area contributed by atoms with E-state index in [9.17, 15) is 9.59 Å². The number of nitrogens with zero attached hydrogens (tertiary/aromatic N) is 1. The lowest BCUT2D eigenvalue weighted by Crippen LogP contribution is -2.29. The van der Waals surface area contributed by atoms with Crippen LogP contribution in [0.4, 0.5) is 4.79 Å². The molecule has 0 saturated carbocycles. The van der Waals surface area contributed by atoms with Crippen LogP contribution in [-0.2, 0) is 11.2 Å². The van der Waals surface area contributed by atoms with Gasteiger partial charge in [-0.3, -0.25) is 14.5 Å². The maximum absolute atomic E-state index is 12.1. The third-order valence-electron chi connectivity index (χ3n) is 2.91. The van der Waals surface area contributed by atoms with Gasteiger partial charge < -0.3 is 0 Å². The molecule has 0 spiro atoms. The summed E-state index contributed by atoms with van der Waals surface area (Å²) in [5.74, 6) is -0.144. The average molecular weight is 295 g/mol. The van der Waals surface area contributed by atoms with E-state index in [1.165, 1.54) is 9.78 Å². The molecule has 0 atom stereocenters. The van der Waals surface area contributed by atoms with E-state index in [-0.39, 0.29) is 11.1 Å². The van der Waals surface area contributed by atoms with Crippen LogP contribution in [0.5, 0.6) is 0 Å². The van der Waals surface area contributed by atoms with Crippen molar-refractivity contribution in [3.8, 4) is 0 Å². The SMILES string of the molecule is CCCCN1C(=O)S/C(=C\c2ccc(CC)s2)C1=O. The third-order valence-corrected chi connectivity index (χ3v) is 5.00. The minimum absolute atomic E-state index is 0.142. The summed E-state index contributed by atoms with van der Waals surface area (Å²) in [5.41, 5.74) is 0. The molecule has 3 nitrogen and oxygen atoms in total. The van der Waals surface area contributed by atoms with Crippen LogP contribution in [0.1, 0.15) is 36.4 Å². The quantitative estimate of drug-likeness (QED) is 0.766. The molecular formula is C14H17NO2S2. The highest BCUT2D eigenvalue weighted by Gasteiger charge is 2.34. The summed E-state index contributed by atoms with van der Waals surface area (Å²) in [7, 11) is 0. The second-order valence-corrected chi connectivity index (χ2v) is 6.54. The molecule has 0 N–H and O–H groups in total. The normalized spacial score (nSPS) is 17.8. The van der Waals surface area contributed by atoms with Crippen LogP contribution < -0.4 is 0 Å². The van der Waals surface area contributed by atoms with Crippen molar-refractivity contribution in [3.63, 3.8) is 0 Å². The predicted molar refractivity (Wildman–Crippen MR) is 81.3 cm³/mol. The first kappa shape index (κ1) is 14.3. The Kier molecular flexibility index (Phi) is 4.82. The molecule has 19 heavy (non-hydrogen) atoms. The zero-order chi connectivity index (χ0) is 13.8. The first-order valence-electron chi connectivity index (χ1n) is 6.49. The second kappa shape index (κ2) is 6.39. The van der Waals surface area contributed by atoms with Gasteiger partial charge in [-0.15, -0.1) is 11.3 Å². The van der Waals surface area contributed by atoms with E-state index in [1.807, 2.05) is 19.1 Å². The Morgan fingerprint density at radius 2 is 2.05 bits per heavy atom. The first-order valence-corrected chi connectivity index (χ1v) is 8.13. The van der Waals surface area contributed by atoms with Gasteiger partial charge in [0.2, 0.25) is 0 Å². The van der Waals surface area contributed by atoms with Gasteiger partial charge in [-0.1, -0.05) is 20.3 Å². The maximum atomic E-state index is 12.1. The summed E-state index contributed by atoms with van der Waals surface area (Å²) in [4.78, 5) is 28.1. The van der Waals surface area contributed by atoms with E-state index in [1.54, 1.807) is 11.3 Å². The Labute approximate surface area is 121 Å². The van der Waals surface area contributed by atoms with Crippen molar-refractivity contribution >= 4 is 40.3 Å². The Balaban J connectivity index is 2.13. The van der Waals surface area contributed by atoms with E-state index in [4.69, 9.17) is 0 Å². The fourth-order valence-electron chi connectivity index (χ4n) is 1.80.